The minimum atomic E-state index is -0.790. The first-order valence-electron chi connectivity index (χ1n) is 8.54. The van der Waals surface area contributed by atoms with Crippen LogP contribution in [0.2, 0.25) is 0 Å². The maximum absolute atomic E-state index is 12.2. The van der Waals surface area contributed by atoms with Crippen LogP contribution in [0, 0.1) is 0 Å². The van der Waals surface area contributed by atoms with E-state index in [2.05, 4.69) is 22.7 Å². The summed E-state index contributed by atoms with van der Waals surface area (Å²) in [5.74, 6) is -0.220. The Kier molecular flexibility index (Phi) is 6.02. The smallest absolute Gasteiger partial charge is 0.408 e. The number of nitrogens with one attached hydrogen (secondary N) is 2. The fourth-order valence-corrected chi connectivity index (χ4v) is 2.16. The molecule has 2 rings (SSSR count). The van der Waals surface area contributed by atoms with Crippen LogP contribution in [0.15, 0.2) is 34.9 Å². The predicted octanol–water partition coefficient (Wildman–Crippen LogP) is 3.76. The van der Waals surface area contributed by atoms with Gasteiger partial charge in [-0.1, -0.05) is 36.3 Å². The van der Waals surface area contributed by atoms with Gasteiger partial charge in [0.1, 0.15) is 17.3 Å². The molecule has 0 spiro atoms. The zero-order valence-corrected chi connectivity index (χ0v) is 15.8. The molecular formula is C19H25N3O4. The second kappa shape index (κ2) is 8.03. The Bertz CT molecular complexity index is 760. The first-order valence-corrected chi connectivity index (χ1v) is 8.54. The zero-order valence-electron chi connectivity index (χ0n) is 15.8. The summed E-state index contributed by atoms with van der Waals surface area (Å²) in [5.41, 5.74) is 2.11. The standard InChI is InChI=1S/C19H25N3O4/c1-6-13-7-9-14(10-8-13)15-11-16(26-22-15)21-17(23)12(2)20-18(24)25-19(3,4)5/h7-12H,6H2,1-5H3,(H,20,24)(H,21,23)/t12-/m1/s1. The summed E-state index contributed by atoms with van der Waals surface area (Å²) in [6.45, 7) is 8.90. The number of carbonyl (C=O) groups is 2. The van der Waals surface area contributed by atoms with E-state index in [0.717, 1.165) is 12.0 Å². The summed E-state index contributed by atoms with van der Waals surface area (Å²) in [5, 5.41) is 9.02. The Morgan fingerprint density at radius 1 is 1.23 bits per heavy atom. The molecule has 1 heterocycles. The van der Waals surface area contributed by atoms with E-state index in [0.29, 0.717) is 5.69 Å². The number of alkyl carbamates (subject to hydrolysis) is 1. The van der Waals surface area contributed by atoms with Crippen LogP contribution in [0.3, 0.4) is 0 Å². The van der Waals surface area contributed by atoms with E-state index in [4.69, 9.17) is 9.26 Å². The predicted molar refractivity (Wildman–Crippen MR) is 98.8 cm³/mol. The Hall–Kier alpha value is -2.83. The lowest BCUT2D eigenvalue weighted by Gasteiger charge is -2.21. The summed E-state index contributed by atoms with van der Waals surface area (Å²) < 4.78 is 10.3. The summed E-state index contributed by atoms with van der Waals surface area (Å²) in [7, 11) is 0. The minimum Gasteiger partial charge on any atom is -0.444 e. The van der Waals surface area contributed by atoms with Gasteiger partial charge in [0.2, 0.25) is 11.8 Å². The van der Waals surface area contributed by atoms with Gasteiger partial charge in [-0.3, -0.25) is 10.1 Å². The van der Waals surface area contributed by atoms with Crippen molar-refractivity contribution >= 4 is 17.9 Å². The third-order valence-electron chi connectivity index (χ3n) is 3.54. The lowest BCUT2D eigenvalue weighted by molar-refractivity contribution is -0.117. The molecule has 2 N–H and O–H groups in total. The van der Waals surface area contributed by atoms with Gasteiger partial charge in [0, 0.05) is 11.6 Å². The van der Waals surface area contributed by atoms with Crippen molar-refractivity contribution in [2.75, 3.05) is 5.32 Å². The highest BCUT2D eigenvalue weighted by molar-refractivity contribution is 5.95. The van der Waals surface area contributed by atoms with Crippen molar-refractivity contribution in [3.8, 4) is 11.3 Å². The number of amides is 2. The molecule has 140 valence electrons. The number of hydrogen-bond acceptors (Lipinski definition) is 5. The molecule has 7 nitrogen and oxygen atoms in total. The molecule has 0 bridgehead atoms. The van der Waals surface area contributed by atoms with E-state index in [-0.39, 0.29) is 5.88 Å². The molecule has 1 aromatic heterocycles. The van der Waals surface area contributed by atoms with Crippen molar-refractivity contribution in [2.24, 2.45) is 0 Å². The van der Waals surface area contributed by atoms with Gasteiger partial charge < -0.3 is 14.6 Å². The van der Waals surface area contributed by atoms with E-state index in [1.165, 1.54) is 5.56 Å². The van der Waals surface area contributed by atoms with Crippen LogP contribution in [-0.4, -0.2) is 28.8 Å². The average Bonchev–Trinajstić information content (AvgIpc) is 3.01. The molecular weight excluding hydrogens is 334 g/mol. The summed E-state index contributed by atoms with van der Waals surface area (Å²) in [6.07, 6.45) is 0.303. The van der Waals surface area contributed by atoms with Crippen molar-refractivity contribution in [2.45, 2.75) is 52.7 Å². The Morgan fingerprint density at radius 2 is 1.88 bits per heavy atom. The maximum Gasteiger partial charge on any atom is 0.408 e. The Labute approximate surface area is 153 Å². The highest BCUT2D eigenvalue weighted by Gasteiger charge is 2.22. The molecule has 7 heteroatoms. The number of carbonyl (C=O) groups excluding carboxylic acids is 2. The van der Waals surface area contributed by atoms with Crippen LogP contribution in [0.25, 0.3) is 11.3 Å². The molecule has 0 saturated heterocycles. The fraction of sp³-hybridized carbons (Fsp3) is 0.421. The van der Waals surface area contributed by atoms with E-state index in [1.807, 2.05) is 24.3 Å². The van der Waals surface area contributed by atoms with Crippen LogP contribution in [0.1, 0.15) is 40.2 Å². The Morgan fingerprint density at radius 3 is 2.46 bits per heavy atom. The summed E-state index contributed by atoms with van der Waals surface area (Å²) in [6, 6.07) is 8.80. The highest BCUT2D eigenvalue weighted by atomic mass is 16.6. The second-order valence-corrected chi connectivity index (χ2v) is 6.98. The van der Waals surface area contributed by atoms with Gasteiger partial charge in [-0.2, -0.15) is 0 Å². The summed E-state index contributed by atoms with van der Waals surface area (Å²) >= 11 is 0. The first kappa shape index (κ1) is 19.5. The highest BCUT2D eigenvalue weighted by Crippen LogP contribution is 2.22. The monoisotopic (exact) mass is 359 g/mol. The van der Waals surface area contributed by atoms with Gasteiger partial charge in [-0.05, 0) is 39.7 Å². The molecule has 2 aromatic rings. The van der Waals surface area contributed by atoms with E-state index >= 15 is 0 Å². The number of ether oxygens (including phenoxy) is 1. The zero-order chi connectivity index (χ0) is 19.3. The average molecular weight is 359 g/mol. The van der Waals surface area contributed by atoms with Gasteiger partial charge in [-0.15, -0.1) is 0 Å². The van der Waals surface area contributed by atoms with E-state index < -0.39 is 23.6 Å². The fourth-order valence-electron chi connectivity index (χ4n) is 2.16. The molecule has 26 heavy (non-hydrogen) atoms. The quantitative estimate of drug-likeness (QED) is 0.848. The molecule has 0 radical (unpaired) electrons. The number of anilines is 1. The maximum atomic E-state index is 12.2. The third kappa shape index (κ3) is 5.61. The minimum absolute atomic E-state index is 0.211. The van der Waals surface area contributed by atoms with Gasteiger partial charge in [0.05, 0.1) is 0 Å². The molecule has 0 aliphatic carbocycles. The molecule has 0 aliphatic heterocycles. The van der Waals surface area contributed by atoms with Gasteiger partial charge in [-0.25, -0.2) is 4.79 Å². The first-order chi connectivity index (χ1) is 12.2. The van der Waals surface area contributed by atoms with Crippen LogP contribution in [0.5, 0.6) is 0 Å². The van der Waals surface area contributed by atoms with Gasteiger partial charge in [0.15, 0.2) is 0 Å². The van der Waals surface area contributed by atoms with E-state index in [9.17, 15) is 9.59 Å². The number of benzene rings is 1. The van der Waals surface area contributed by atoms with Crippen molar-refractivity contribution < 1.29 is 18.8 Å². The topological polar surface area (TPSA) is 93.5 Å². The summed E-state index contributed by atoms with van der Waals surface area (Å²) in [4.78, 5) is 23.9. The molecule has 0 unspecified atom stereocenters. The molecule has 1 atom stereocenters. The largest absolute Gasteiger partial charge is 0.444 e. The molecule has 0 fully saturated rings. The number of aromatic nitrogens is 1. The molecule has 0 saturated carbocycles. The van der Waals surface area contributed by atoms with Crippen molar-refractivity contribution in [1.82, 2.24) is 10.5 Å². The third-order valence-corrected chi connectivity index (χ3v) is 3.54. The number of hydrogen-bond donors (Lipinski definition) is 2. The van der Waals surface area contributed by atoms with Gasteiger partial charge >= 0.3 is 6.09 Å². The molecule has 1 aromatic carbocycles. The lowest BCUT2D eigenvalue weighted by atomic mass is 10.1. The number of aryl methyl sites for hydroxylation is 1. The van der Waals surface area contributed by atoms with Crippen LogP contribution < -0.4 is 10.6 Å². The van der Waals surface area contributed by atoms with Crippen molar-refractivity contribution in [3.63, 3.8) is 0 Å². The van der Waals surface area contributed by atoms with E-state index in [1.54, 1.807) is 33.8 Å². The van der Waals surface area contributed by atoms with Crippen molar-refractivity contribution in [1.29, 1.82) is 0 Å². The van der Waals surface area contributed by atoms with Crippen LogP contribution >= 0.6 is 0 Å². The number of rotatable bonds is 5. The van der Waals surface area contributed by atoms with Crippen molar-refractivity contribution in [3.05, 3.63) is 35.9 Å². The SMILES string of the molecule is CCc1ccc(-c2cc(NC(=O)[C@@H](C)NC(=O)OC(C)(C)C)on2)cc1. The van der Waals surface area contributed by atoms with Gasteiger partial charge in [0.25, 0.3) is 0 Å². The molecule has 0 aliphatic rings. The lowest BCUT2D eigenvalue weighted by Crippen LogP contribution is -2.43. The normalized spacial score (nSPS) is 12.3. The van der Waals surface area contributed by atoms with Crippen LogP contribution in [-0.2, 0) is 16.0 Å². The van der Waals surface area contributed by atoms with Crippen LogP contribution in [0.4, 0.5) is 10.7 Å². The Balaban J connectivity index is 1.95. The molecule has 2 amide bonds. The second-order valence-electron chi connectivity index (χ2n) is 6.98. The number of nitrogens with zero attached hydrogens (tertiary/aromatic N) is 1.